The summed E-state index contributed by atoms with van der Waals surface area (Å²) in [5.74, 6) is 2.11. The van der Waals surface area contributed by atoms with E-state index in [0.717, 1.165) is 12.8 Å². The Morgan fingerprint density at radius 1 is 1.35 bits per heavy atom. The summed E-state index contributed by atoms with van der Waals surface area (Å²) < 4.78 is 10.6. The van der Waals surface area contributed by atoms with E-state index in [1.54, 1.807) is 7.11 Å². The van der Waals surface area contributed by atoms with Crippen LogP contribution in [0.1, 0.15) is 45.0 Å². The SMILES string of the molecule is COC(c1noc(CCC(C)CN)n1)C(C)C. The van der Waals surface area contributed by atoms with E-state index >= 15 is 0 Å². The van der Waals surface area contributed by atoms with Gasteiger partial charge in [-0.15, -0.1) is 0 Å². The minimum atomic E-state index is -0.0977. The molecule has 0 aliphatic rings. The Hall–Kier alpha value is -0.940. The topological polar surface area (TPSA) is 74.2 Å². The molecule has 0 aromatic carbocycles. The lowest BCUT2D eigenvalue weighted by Crippen LogP contribution is -2.12. The van der Waals surface area contributed by atoms with E-state index in [2.05, 4.69) is 30.9 Å². The lowest BCUT2D eigenvalue weighted by molar-refractivity contribution is 0.0555. The zero-order valence-corrected chi connectivity index (χ0v) is 11.1. The molecule has 0 spiro atoms. The Labute approximate surface area is 103 Å². The molecule has 1 rings (SSSR count). The van der Waals surface area contributed by atoms with Gasteiger partial charge in [-0.2, -0.15) is 4.98 Å². The molecule has 0 saturated heterocycles. The molecule has 0 bridgehead atoms. The second-order valence-corrected chi connectivity index (χ2v) is 4.83. The fourth-order valence-corrected chi connectivity index (χ4v) is 1.65. The van der Waals surface area contributed by atoms with Gasteiger partial charge in [-0.05, 0) is 24.8 Å². The highest BCUT2D eigenvalue weighted by Gasteiger charge is 2.21. The first-order valence-corrected chi connectivity index (χ1v) is 6.13. The first kappa shape index (κ1) is 14.1. The van der Waals surface area contributed by atoms with E-state index in [1.807, 2.05) is 0 Å². The molecule has 5 nitrogen and oxygen atoms in total. The van der Waals surface area contributed by atoms with Crippen LogP contribution in [0.15, 0.2) is 4.52 Å². The van der Waals surface area contributed by atoms with Gasteiger partial charge in [0.1, 0.15) is 6.10 Å². The van der Waals surface area contributed by atoms with Crippen LogP contribution < -0.4 is 5.73 Å². The van der Waals surface area contributed by atoms with E-state index in [9.17, 15) is 0 Å². The van der Waals surface area contributed by atoms with Crippen molar-refractivity contribution in [3.05, 3.63) is 11.7 Å². The summed E-state index contributed by atoms with van der Waals surface area (Å²) in [6, 6.07) is 0. The number of methoxy groups -OCH3 is 1. The van der Waals surface area contributed by atoms with E-state index in [-0.39, 0.29) is 6.10 Å². The summed E-state index contributed by atoms with van der Waals surface area (Å²) >= 11 is 0. The van der Waals surface area contributed by atoms with Crippen molar-refractivity contribution in [1.82, 2.24) is 10.1 Å². The predicted octanol–water partition coefficient (Wildman–Crippen LogP) is 1.94. The Morgan fingerprint density at radius 2 is 2.06 bits per heavy atom. The second-order valence-electron chi connectivity index (χ2n) is 4.83. The average Bonchev–Trinajstić information content (AvgIpc) is 2.75. The number of aryl methyl sites for hydroxylation is 1. The van der Waals surface area contributed by atoms with Gasteiger partial charge in [-0.1, -0.05) is 25.9 Å². The molecule has 0 amide bonds. The van der Waals surface area contributed by atoms with Gasteiger partial charge in [-0.3, -0.25) is 0 Å². The number of hydrogen-bond acceptors (Lipinski definition) is 5. The van der Waals surface area contributed by atoms with E-state index in [0.29, 0.717) is 30.1 Å². The third-order valence-electron chi connectivity index (χ3n) is 2.85. The van der Waals surface area contributed by atoms with Gasteiger partial charge >= 0.3 is 0 Å². The number of ether oxygens (including phenoxy) is 1. The normalized spacial score (nSPS) is 15.2. The summed E-state index contributed by atoms with van der Waals surface area (Å²) in [4.78, 5) is 4.37. The van der Waals surface area contributed by atoms with Crippen molar-refractivity contribution in [1.29, 1.82) is 0 Å². The van der Waals surface area contributed by atoms with Crippen LogP contribution in [0.2, 0.25) is 0 Å². The molecule has 1 heterocycles. The van der Waals surface area contributed by atoms with Gasteiger partial charge in [0.25, 0.3) is 0 Å². The molecular formula is C12H23N3O2. The van der Waals surface area contributed by atoms with Gasteiger partial charge in [0.2, 0.25) is 11.7 Å². The number of hydrogen-bond donors (Lipinski definition) is 1. The maximum Gasteiger partial charge on any atom is 0.226 e. The van der Waals surface area contributed by atoms with Gasteiger partial charge < -0.3 is 15.0 Å². The highest BCUT2D eigenvalue weighted by atomic mass is 16.5. The van der Waals surface area contributed by atoms with Crippen molar-refractivity contribution in [3.8, 4) is 0 Å². The second kappa shape index (κ2) is 6.71. The molecule has 1 aromatic rings. The van der Waals surface area contributed by atoms with E-state index in [4.69, 9.17) is 15.0 Å². The van der Waals surface area contributed by atoms with Crippen LogP contribution in [0.25, 0.3) is 0 Å². The largest absolute Gasteiger partial charge is 0.373 e. The molecule has 1 aromatic heterocycles. The molecule has 2 unspecified atom stereocenters. The van der Waals surface area contributed by atoms with Gasteiger partial charge in [0, 0.05) is 13.5 Å². The average molecular weight is 241 g/mol. The van der Waals surface area contributed by atoms with Crippen molar-refractivity contribution in [3.63, 3.8) is 0 Å². The molecular weight excluding hydrogens is 218 g/mol. The van der Waals surface area contributed by atoms with Crippen LogP contribution >= 0.6 is 0 Å². The highest BCUT2D eigenvalue weighted by Crippen LogP contribution is 2.22. The predicted molar refractivity (Wildman–Crippen MR) is 65.4 cm³/mol. The molecule has 2 atom stereocenters. The fraction of sp³-hybridized carbons (Fsp3) is 0.833. The molecule has 0 radical (unpaired) electrons. The lowest BCUT2D eigenvalue weighted by atomic mass is 10.1. The zero-order valence-electron chi connectivity index (χ0n) is 11.1. The van der Waals surface area contributed by atoms with Crippen LogP contribution in [0.3, 0.4) is 0 Å². The standard InChI is InChI=1S/C12H23N3O2/c1-8(2)11(16-4)12-14-10(17-15-12)6-5-9(3)7-13/h8-9,11H,5-7,13H2,1-4H3. The lowest BCUT2D eigenvalue weighted by Gasteiger charge is -2.14. The molecule has 98 valence electrons. The zero-order chi connectivity index (χ0) is 12.8. The van der Waals surface area contributed by atoms with Gasteiger partial charge in [-0.25, -0.2) is 0 Å². The summed E-state index contributed by atoms with van der Waals surface area (Å²) in [6.45, 7) is 6.94. The van der Waals surface area contributed by atoms with Crippen molar-refractivity contribution in [2.24, 2.45) is 17.6 Å². The quantitative estimate of drug-likeness (QED) is 0.789. The van der Waals surface area contributed by atoms with Gasteiger partial charge in [0.05, 0.1) is 0 Å². The Kier molecular flexibility index (Phi) is 5.58. The monoisotopic (exact) mass is 241 g/mol. The smallest absolute Gasteiger partial charge is 0.226 e. The summed E-state index contributed by atoms with van der Waals surface area (Å²) in [5.41, 5.74) is 5.56. The number of aromatic nitrogens is 2. The first-order valence-electron chi connectivity index (χ1n) is 6.13. The van der Waals surface area contributed by atoms with Gasteiger partial charge in [0.15, 0.2) is 0 Å². The van der Waals surface area contributed by atoms with E-state index in [1.165, 1.54) is 0 Å². The maximum atomic E-state index is 5.56. The minimum absolute atomic E-state index is 0.0977. The Balaban J connectivity index is 2.58. The molecule has 0 aliphatic heterocycles. The van der Waals surface area contributed by atoms with Crippen molar-refractivity contribution >= 4 is 0 Å². The van der Waals surface area contributed by atoms with Crippen LogP contribution in [0.4, 0.5) is 0 Å². The highest BCUT2D eigenvalue weighted by molar-refractivity contribution is 4.93. The molecule has 2 N–H and O–H groups in total. The van der Waals surface area contributed by atoms with Crippen LogP contribution in [-0.2, 0) is 11.2 Å². The van der Waals surface area contributed by atoms with Crippen molar-refractivity contribution < 1.29 is 9.26 Å². The molecule has 17 heavy (non-hydrogen) atoms. The molecule has 0 aliphatic carbocycles. The molecule has 0 fully saturated rings. The Bertz CT molecular complexity index is 325. The first-order chi connectivity index (χ1) is 8.08. The van der Waals surface area contributed by atoms with Crippen LogP contribution in [0.5, 0.6) is 0 Å². The summed E-state index contributed by atoms with van der Waals surface area (Å²) in [5, 5.41) is 3.97. The van der Waals surface area contributed by atoms with E-state index < -0.39 is 0 Å². The Morgan fingerprint density at radius 3 is 2.59 bits per heavy atom. The summed E-state index contributed by atoms with van der Waals surface area (Å²) in [7, 11) is 1.66. The third kappa shape index (κ3) is 4.09. The van der Waals surface area contributed by atoms with Crippen molar-refractivity contribution in [2.75, 3.05) is 13.7 Å². The number of nitrogens with zero attached hydrogens (tertiary/aromatic N) is 2. The number of rotatable bonds is 7. The maximum absolute atomic E-state index is 5.56. The molecule has 0 saturated carbocycles. The van der Waals surface area contributed by atoms with Crippen molar-refractivity contribution in [2.45, 2.75) is 39.7 Å². The van der Waals surface area contributed by atoms with Crippen LogP contribution in [-0.4, -0.2) is 23.8 Å². The third-order valence-corrected chi connectivity index (χ3v) is 2.85. The fourth-order valence-electron chi connectivity index (χ4n) is 1.65. The van der Waals surface area contributed by atoms with Crippen LogP contribution in [0, 0.1) is 11.8 Å². The number of nitrogens with two attached hydrogens (primary N) is 1. The summed E-state index contributed by atoms with van der Waals surface area (Å²) in [6.07, 6.45) is 1.65. The molecule has 5 heteroatoms. The minimum Gasteiger partial charge on any atom is -0.373 e.